The molecule has 1 heterocycles. The largest absolute Gasteiger partial charge is 0.465 e. The minimum Gasteiger partial charge on any atom is -0.465 e. The summed E-state index contributed by atoms with van der Waals surface area (Å²) in [6.45, 7) is 3.64. The molecule has 1 aliphatic rings. The number of hydrogen-bond donors (Lipinski definition) is 1. The Labute approximate surface area is 90.5 Å². The maximum atomic E-state index is 11.6. The van der Waals surface area contributed by atoms with Gasteiger partial charge in [-0.25, -0.2) is 0 Å². The van der Waals surface area contributed by atoms with Crippen molar-refractivity contribution in [3.05, 3.63) is 0 Å². The van der Waals surface area contributed by atoms with Crippen LogP contribution in [0.3, 0.4) is 0 Å². The van der Waals surface area contributed by atoms with Crippen LogP contribution in [-0.4, -0.2) is 32.3 Å². The highest BCUT2D eigenvalue weighted by Gasteiger charge is 2.40. The van der Waals surface area contributed by atoms with Gasteiger partial charge in [-0.3, -0.25) is 4.79 Å². The van der Waals surface area contributed by atoms with E-state index >= 15 is 0 Å². The molecule has 1 atom stereocenters. The number of hydrogen-bond acceptors (Lipinski definition) is 4. The van der Waals surface area contributed by atoms with Crippen LogP contribution in [0.4, 0.5) is 0 Å². The summed E-state index contributed by atoms with van der Waals surface area (Å²) in [5.74, 6) is -0.211. The molecule has 0 amide bonds. The van der Waals surface area contributed by atoms with Gasteiger partial charge >= 0.3 is 5.97 Å². The van der Waals surface area contributed by atoms with Crippen LogP contribution < -0.4 is 5.73 Å². The Morgan fingerprint density at radius 3 is 2.79 bits per heavy atom. The monoisotopic (exact) mass is 223 g/mol. The van der Waals surface area contributed by atoms with Gasteiger partial charge in [0.25, 0.3) is 0 Å². The molecule has 1 aliphatic heterocycles. The van der Waals surface area contributed by atoms with E-state index < -0.39 is 5.41 Å². The van der Waals surface area contributed by atoms with Gasteiger partial charge in [0.05, 0.1) is 13.2 Å². The van der Waals surface area contributed by atoms with Gasteiger partial charge in [-0.1, -0.05) is 0 Å². The zero-order valence-corrected chi connectivity index (χ0v) is 9.27. The summed E-state index contributed by atoms with van der Waals surface area (Å²) in [5.41, 5.74) is 5.01. The second kappa shape index (κ2) is 6.22. The number of carbonyl (C=O) groups excluding carboxylic acids is 1. The highest BCUT2D eigenvalue weighted by Crippen LogP contribution is 2.28. The molecule has 0 aromatic carbocycles. The molecule has 1 fully saturated rings. The SMILES string of the molecule is CCOC(=O)C1(CN)CCCOC1.Cl. The van der Waals surface area contributed by atoms with Crippen LogP contribution in [0.1, 0.15) is 19.8 Å². The average molecular weight is 224 g/mol. The van der Waals surface area contributed by atoms with Crippen LogP contribution in [-0.2, 0) is 14.3 Å². The van der Waals surface area contributed by atoms with E-state index in [1.54, 1.807) is 6.92 Å². The third-order valence-corrected chi connectivity index (χ3v) is 2.42. The number of carbonyl (C=O) groups is 1. The quantitative estimate of drug-likeness (QED) is 0.717. The van der Waals surface area contributed by atoms with Crippen molar-refractivity contribution in [2.75, 3.05) is 26.4 Å². The Balaban J connectivity index is 0.00000169. The molecule has 0 saturated carbocycles. The summed E-state index contributed by atoms with van der Waals surface area (Å²) in [7, 11) is 0. The predicted octanol–water partition coefficient (Wildman–Crippen LogP) is 0.727. The number of rotatable bonds is 3. The van der Waals surface area contributed by atoms with Crippen molar-refractivity contribution in [3.8, 4) is 0 Å². The molecule has 0 bridgehead atoms. The first-order valence-corrected chi connectivity index (χ1v) is 4.70. The van der Waals surface area contributed by atoms with Gasteiger partial charge < -0.3 is 15.2 Å². The van der Waals surface area contributed by atoms with E-state index in [1.807, 2.05) is 0 Å². The van der Waals surface area contributed by atoms with Gasteiger partial charge in [-0.2, -0.15) is 0 Å². The first kappa shape index (κ1) is 13.7. The highest BCUT2D eigenvalue weighted by molar-refractivity contribution is 5.85. The summed E-state index contributed by atoms with van der Waals surface area (Å²) < 4.78 is 10.2. The highest BCUT2D eigenvalue weighted by atomic mass is 35.5. The summed E-state index contributed by atoms with van der Waals surface area (Å²) >= 11 is 0. The van der Waals surface area contributed by atoms with Gasteiger partial charge in [-0.15, -0.1) is 12.4 Å². The second-order valence-corrected chi connectivity index (χ2v) is 3.36. The van der Waals surface area contributed by atoms with E-state index in [2.05, 4.69) is 0 Å². The molecule has 4 nitrogen and oxygen atoms in total. The Hall–Kier alpha value is -0.320. The lowest BCUT2D eigenvalue weighted by atomic mass is 9.83. The van der Waals surface area contributed by atoms with E-state index in [1.165, 1.54) is 0 Å². The number of ether oxygens (including phenoxy) is 2. The van der Waals surface area contributed by atoms with E-state index in [0.29, 0.717) is 19.8 Å². The van der Waals surface area contributed by atoms with Crippen molar-refractivity contribution in [2.45, 2.75) is 19.8 Å². The molecule has 84 valence electrons. The summed E-state index contributed by atoms with van der Waals surface area (Å²) in [4.78, 5) is 11.6. The normalized spacial score (nSPS) is 26.4. The maximum Gasteiger partial charge on any atom is 0.315 e. The Kier molecular flexibility index (Phi) is 6.08. The minimum atomic E-state index is -0.575. The third kappa shape index (κ3) is 2.83. The fourth-order valence-electron chi connectivity index (χ4n) is 1.54. The van der Waals surface area contributed by atoms with Gasteiger partial charge in [0.15, 0.2) is 0 Å². The lowest BCUT2D eigenvalue weighted by molar-refractivity contribution is -0.162. The van der Waals surface area contributed by atoms with Crippen molar-refractivity contribution < 1.29 is 14.3 Å². The number of nitrogens with two attached hydrogens (primary N) is 1. The fourth-order valence-corrected chi connectivity index (χ4v) is 1.54. The fraction of sp³-hybridized carbons (Fsp3) is 0.889. The van der Waals surface area contributed by atoms with Gasteiger partial charge in [0.1, 0.15) is 5.41 Å². The van der Waals surface area contributed by atoms with Gasteiger partial charge in [0.2, 0.25) is 0 Å². The zero-order valence-electron chi connectivity index (χ0n) is 8.45. The zero-order chi connectivity index (χ0) is 9.73. The first-order valence-electron chi connectivity index (χ1n) is 4.70. The van der Waals surface area contributed by atoms with E-state index in [4.69, 9.17) is 15.2 Å². The smallest absolute Gasteiger partial charge is 0.315 e. The van der Waals surface area contributed by atoms with Crippen LogP contribution in [0.2, 0.25) is 0 Å². The van der Waals surface area contributed by atoms with E-state index in [9.17, 15) is 4.79 Å². The number of esters is 1. The summed E-state index contributed by atoms with van der Waals surface area (Å²) in [6.07, 6.45) is 1.67. The van der Waals surface area contributed by atoms with Crippen LogP contribution in [0.15, 0.2) is 0 Å². The number of halogens is 1. The van der Waals surface area contributed by atoms with Crippen molar-refractivity contribution in [1.82, 2.24) is 0 Å². The summed E-state index contributed by atoms with van der Waals surface area (Å²) in [5, 5.41) is 0. The molecule has 0 aromatic heterocycles. The minimum absolute atomic E-state index is 0. The van der Waals surface area contributed by atoms with Crippen molar-refractivity contribution in [2.24, 2.45) is 11.1 Å². The van der Waals surface area contributed by atoms with Crippen molar-refractivity contribution in [1.29, 1.82) is 0 Å². The molecule has 1 unspecified atom stereocenters. The van der Waals surface area contributed by atoms with E-state index in [-0.39, 0.29) is 18.4 Å². The first-order chi connectivity index (χ1) is 6.25. The molecule has 0 aliphatic carbocycles. The van der Waals surface area contributed by atoms with Crippen LogP contribution in [0, 0.1) is 5.41 Å². The van der Waals surface area contributed by atoms with Crippen LogP contribution in [0.5, 0.6) is 0 Å². The molecule has 1 rings (SSSR count). The van der Waals surface area contributed by atoms with Crippen LogP contribution in [0.25, 0.3) is 0 Å². The Morgan fingerprint density at radius 2 is 2.36 bits per heavy atom. The van der Waals surface area contributed by atoms with E-state index in [0.717, 1.165) is 19.4 Å². The molecular formula is C9H18ClNO3. The van der Waals surface area contributed by atoms with Crippen LogP contribution >= 0.6 is 12.4 Å². The Morgan fingerprint density at radius 1 is 1.64 bits per heavy atom. The lowest BCUT2D eigenvalue weighted by Gasteiger charge is -2.33. The maximum absolute atomic E-state index is 11.6. The standard InChI is InChI=1S/C9H17NO3.ClH/c1-2-13-8(11)9(6-10)4-3-5-12-7-9;/h2-7,10H2,1H3;1H. The topological polar surface area (TPSA) is 61.5 Å². The van der Waals surface area contributed by atoms with Gasteiger partial charge in [0, 0.05) is 13.2 Å². The third-order valence-electron chi connectivity index (χ3n) is 2.42. The molecule has 0 radical (unpaired) electrons. The summed E-state index contributed by atoms with van der Waals surface area (Å²) in [6, 6.07) is 0. The predicted molar refractivity (Wildman–Crippen MR) is 55.4 cm³/mol. The van der Waals surface area contributed by atoms with Crippen molar-refractivity contribution >= 4 is 18.4 Å². The molecule has 1 saturated heterocycles. The molecule has 5 heteroatoms. The van der Waals surface area contributed by atoms with Gasteiger partial charge in [-0.05, 0) is 19.8 Å². The average Bonchev–Trinajstić information content (AvgIpc) is 2.19. The molecule has 0 aromatic rings. The molecule has 14 heavy (non-hydrogen) atoms. The molecular weight excluding hydrogens is 206 g/mol. The lowest BCUT2D eigenvalue weighted by Crippen LogP contribution is -2.46. The molecule has 2 N–H and O–H groups in total. The molecule has 0 spiro atoms. The second-order valence-electron chi connectivity index (χ2n) is 3.36. The van der Waals surface area contributed by atoms with Crippen molar-refractivity contribution in [3.63, 3.8) is 0 Å². The Bertz CT molecular complexity index is 181.